The van der Waals surface area contributed by atoms with Crippen molar-refractivity contribution in [2.24, 2.45) is 5.92 Å². The van der Waals surface area contributed by atoms with Crippen LogP contribution < -0.4 is 5.32 Å². The van der Waals surface area contributed by atoms with Gasteiger partial charge in [0.05, 0.1) is 23.8 Å². The molecule has 0 radical (unpaired) electrons. The number of amides is 1. The minimum Gasteiger partial charge on any atom is -0.468 e. The second-order valence-corrected chi connectivity index (χ2v) is 8.66. The third-order valence-corrected chi connectivity index (χ3v) is 6.89. The molecule has 160 valence electrons. The van der Waals surface area contributed by atoms with E-state index in [4.69, 9.17) is 16.3 Å². The Kier molecular flexibility index (Phi) is 6.50. The van der Waals surface area contributed by atoms with Gasteiger partial charge in [-0.2, -0.15) is 5.26 Å². The highest BCUT2D eigenvalue weighted by molar-refractivity contribution is 8.02. The first-order chi connectivity index (χ1) is 15.5. The minimum absolute atomic E-state index is 0.290. The largest absolute Gasteiger partial charge is 0.468 e. The number of nitrogens with one attached hydrogen (secondary N) is 1. The Labute approximate surface area is 195 Å². The Morgan fingerprint density at radius 2 is 1.84 bits per heavy atom. The van der Waals surface area contributed by atoms with Crippen LogP contribution in [0.2, 0.25) is 5.02 Å². The van der Waals surface area contributed by atoms with E-state index in [0.717, 1.165) is 16.3 Å². The van der Waals surface area contributed by atoms with Gasteiger partial charge in [-0.05, 0) is 28.0 Å². The summed E-state index contributed by atoms with van der Waals surface area (Å²) in [7, 11) is 1.22. The van der Waals surface area contributed by atoms with Gasteiger partial charge in [-0.25, -0.2) is 0 Å². The molecular weight excluding hydrogens is 444 g/mol. The lowest BCUT2D eigenvalue weighted by Crippen LogP contribution is -2.44. The quantitative estimate of drug-likeness (QED) is 0.418. The lowest BCUT2D eigenvalue weighted by Gasteiger charge is -2.31. The molecule has 5 nitrogen and oxygen atoms in total. The lowest BCUT2D eigenvalue weighted by molar-refractivity contribution is -0.150. The normalized spacial score (nSPS) is 18.2. The third kappa shape index (κ3) is 4.10. The number of thioether (sulfide) groups is 1. The number of carbonyl (C=O) groups excluding carboxylic acids is 2. The number of ether oxygens (including phenoxy) is 1. The molecule has 0 aromatic heterocycles. The molecule has 1 N–H and O–H groups in total. The van der Waals surface area contributed by atoms with Crippen molar-refractivity contribution in [3.05, 3.63) is 93.5 Å². The van der Waals surface area contributed by atoms with Crippen molar-refractivity contribution in [1.29, 1.82) is 5.26 Å². The molecular formula is C25H19ClN2O3S. The molecule has 3 aromatic rings. The molecule has 1 aliphatic rings. The van der Waals surface area contributed by atoms with Gasteiger partial charge in [0.25, 0.3) is 0 Å². The number of carbonyl (C=O) groups is 2. The average Bonchev–Trinajstić information content (AvgIpc) is 2.82. The molecule has 0 fully saturated rings. The molecule has 0 bridgehead atoms. The van der Waals surface area contributed by atoms with Crippen LogP contribution in [0.4, 0.5) is 0 Å². The van der Waals surface area contributed by atoms with Crippen LogP contribution in [0.15, 0.2) is 77.3 Å². The molecule has 1 amide bonds. The molecule has 4 rings (SSSR count). The van der Waals surface area contributed by atoms with E-state index < -0.39 is 23.7 Å². The zero-order chi connectivity index (χ0) is 22.7. The number of nitriles is 1. The van der Waals surface area contributed by atoms with Crippen molar-refractivity contribution < 1.29 is 14.3 Å². The van der Waals surface area contributed by atoms with E-state index in [2.05, 4.69) is 11.4 Å². The molecule has 2 atom stereocenters. The number of methoxy groups -OCH3 is 1. The predicted molar refractivity (Wildman–Crippen MR) is 126 cm³/mol. The van der Waals surface area contributed by atoms with E-state index in [9.17, 15) is 14.9 Å². The van der Waals surface area contributed by atoms with E-state index >= 15 is 0 Å². The molecule has 0 saturated heterocycles. The van der Waals surface area contributed by atoms with Crippen molar-refractivity contribution in [3.8, 4) is 6.07 Å². The van der Waals surface area contributed by atoms with Crippen LogP contribution in [0.1, 0.15) is 17.0 Å². The monoisotopic (exact) mass is 462 g/mol. The summed E-state index contributed by atoms with van der Waals surface area (Å²) in [4.78, 5) is 25.5. The summed E-state index contributed by atoms with van der Waals surface area (Å²) in [6.45, 7) is 0. The molecule has 1 heterocycles. The second-order valence-electron chi connectivity index (χ2n) is 7.27. The van der Waals surface area contributed by atoms with Crippen molar-refractivity contribution >= 4 is 46.0 Å². The minimum atomic E-state index is -1.20. The fourth-order valence-corrected chi connectivity index (χ4v) is 5.26. The number of nitrogens with zero attached hydrogens (tertiary/aromatic N) is 1. The van der Waals surface area contributed by atoms with Gasteiger partial charge in [0.2, 0.25) is 5.91 Å². The van der Waals surface area contributed by atoms with Gasteiger partial charge < -0.3 is 10.1 Å². The number of esters is 1. The summed E-state index contributed by atoms with van der Waals surface area (Å²) in [5.41, 5.74) is 1.91. The van der Waals surface area contributed by atoms with Crippen LogP contribution in [0.3, 0.4) is 0 Å². The molecule has 32 heavy (non-hydrogen) atoms. The Morgan fingerprint density at radius 1 is 1.12 bits per heavy atom. The summed E-state index contributed by atoms with van der Waals surface area (Å²) >= 11 is 7.76. The summed E-state index contributed by atoms with van der Waals surface area (Å²) in [5.74, 6) is -2.71. The third-order valence-electron chi connectivity index (χ3n) is 5.48. The van der Waals surface area contributed by atoms with Crippen molar-refractivity contribution in [1.82, 2.24) is 5.32 Å². The molecule has 3 aromatic carbocycles. The SMILES string of the molecule is COC(=O)[C@@H]1C(=O)NC(SCc2cccc3ccccc23)=C(C#N)[C@@H]1c1ccccc1Cl. The van der Waals surface area contributed by atoms with Crippen LogP contribution >= 0.6 is 23.4 Å². The van der Waals surface area contributed by atoms with Gasteiger partial charge in [0.1, 0.15) is 5.92 Å². The molecule has 0 aliphatic carbocycles. The van der Waals surface area contributed by atoms with Gasteiger partial charge in [0, 0.05) is 16.7 Å². The predicted octanol–water partition coefficient (Wildman–Crippen LogP) is 5.16. The number of benzene rings is 3. The van der Waals surface area contributed by atoms with Crippen molar-refractivity contribution in [2.45, 2.75) is 11.7 Å². The summed E-state index contributed by atoms with van der Waals surface area (Å²) < 4.78 is 4.88. The Bertz CT molecular complexity index is 1280. The Balaban J connectivity index is 1.76. The zero-order valence-electron chi connectivity index (χ0n) is 17.2. The molecule has 1 aliphatic heterocycles. The number of rotatable bonds is 5. The van der Waals surface area contributed by atoms with Gasteiger partial charge in [-0.1, -0.05) is 72.3 Å². The number of halogens is 1. The highest BCUT2D eigenvalue weighted by Crippen LogP contribution is 2.43. The van der Waals surface area contributed by atoms with Gasteiger partial charge >= 0.3 is 5.97 Å². The van der Waals surface area contributed by atoms with Crippen LogP contribution in [-0.2, 0) is 20.1 Å². The van der Waals surface area contributed by atoms with Crippen LogP contribution in [0.5, 0.6) is 0 Å². The Hall–Kier alpha value is -3.27. The van der Waals surface area contributed by atoms with Crippen molar-refractivity contribution in [3.63, 3.8) is 0 Å². The van der Waals surface area contributed by atoms with E-state index in [1.165, 1.54) is 18.9 Å². The Morgan fingerprint density at radius 3 is 2.59 bits per heavy atom. The van der Waals surface area contributed by atoms with E-state index in [1.54, 1.807) is 24.3 Å². The van der Waals surface area contributed by atoms with Gasteiger partial charge in [0.15, 0.2) is 0 Å². The summed E-state index contributed by atoms with van der Waals surface area (Å²) in [6.07, 6.45) is 0. The van der Waals surface area contributed by atoms with E-state index in [0.29, 0.717) is 26.9 Å². The maximum atomic E-state index is 13.0. The first kappa shape index (κ1) is 21.9. The molecule has 0 unspecified atom stereocenters. The van der Waals surface area contributed by atoms with Crippen LogP contribution in [-0.4, -0.2) is 19.0 Å². The van der Waals surface area contributed by atoms with Gasteiger partial charge in [-0.3, -0.25) is 9.59 Å². The van der Waals surface area contributed by atoms with Crippen molar-refractivity contribution in [2.75, 3.05) is 7.11 Å². The molecule has 0 saturated carbocycles. The van der Waals surface area contributed by atoms with Gasteiger partial charge in [-0.15, -0.1) is 11.8 Å². The van der Waals surface area contributed by atoms with Crippen LogP contribution in [0, 0.1) is 17.2 Å². The second kappa shape index (κ2) is 9.47. The van der Waals surface area contributed by atoms with E-state index in [-0.39, 0.29) is 0 Å². The maximum absolute atomic E-state index is 13.0. The lowest BCUT2D eigenvalue weighted by atomic mass is 9.78. The number of allylic oxidation sites excluding steroid dienone is 1. The van der Waals surface area contributed by atoms with E-state index in [1.807, 2.05) is 42.5 Å². The number of fused-ring (bicyclic) bond motifs is 1. The highest BCUT2D eigenvalue weighted by atomic mass is 35.5. The first-order valence-corrected chi connectivity index (χ1v) is 11.3. The highest BCUT2D eigenvalue weighted by Gasteiger charge is 2.45. The standard InChI is InChI=1S/C25H19ClN2O3S/c1-31-25(30)22-21(18-11-4-5-12-20(18)26)19(13-27)24(28-23(22)29)32-14-16-9-6-8-15-7-2-3-10-17(15)16/h2-12,21-22H,14H2,1H3,(H,28,29)/t21-,22-/m0/s1. The molecule has 0 spiro atoms. The maximum Gasteiger partial charge on any atom is 0.319 e. The molecule has 7 heteroatoms. The fourth-order valence-electron chi connectivity index (χ4n) is 3.95. The fraction of sp³-hybridized carbons (Fsp3) is 0.160. The number of hydrogen-bond acceptors (Lipinski definition) is 5. The zero-order valence-corrected chi connectivity index (χ0v) is 18.7. The average molecular weight is 463 g/mol. The summed E-state index contributed by atoms with van der Waals surface area (Å²) in [6, 6.07) is 23.2. The summed E-state index contributed by atoms with van der Waals surface area (Å²) in [5, 5.41) is 15.8. The smallest absolute Gasteiger partial charge is 0.319 e. The van der Waals surface area contributed by atoms with Crippen LogP contribution in [0.25, 0.3) is 10.8 Å². The topological polar surface area (TPSA) is 79.2 Å². The number of hydrogen-bond donors (Lipinski definition) is 1. The first-order valence-electron chi connectivity index (χ1n) is 9.92.